The molecular weight excluding hydrogens is 263 g/mol. The van der Waals surface area contributed by atoms with Gasteiger partial charge in [0.15, 0.2) is 6.10 Å². The molecule has 0 fully saturated rings. The highest BCUT2D eigenvalue weighted by atomic mass is 31.2. The zero-order valence-corrected chi connectivity index (χ0v) is 9.50. The lowest BCUT2D eigenvalue weighted by Gasteiger charge is -2.20. The van der Waals surface area contributed by atoms with Crippen LogP contribution in [0.1, 0.15) is 6.92 Å². The predicted octanol–water partition coefficient (Wildman–Crippen LogP) is 2.60. The minimum absolute atomic E-state index is 0.573. The maximum Gasteiger partial charge on any atom is 0.414 e. The van der Waals surface area contributed by atoms with E-state index in [1.807, 2.05) is 0 Å². The van der Waals surface area contributed by atoms with E-state index in [0.717, 1.165) is 12.1 Å². The molecule has 1 aromatic carbocycles. The monoisotopic (exact) mass is 272 g/mol. The molecule has 3 nitrogen and oxygen atoms in total. The first-order valence-corrected chi connectivity index (χ1v) is 6.05. The second kappa shape index (κ2) is 4.76. The normalized spacial score (nSPS) is 17.5. The van der Waals surface area contributed by atoms with Gasteiger partial charge in [0.2, 0.25) is 0 Å². The number of halogens is 4. The highest BCUT2D eigenvalue weighted by molar-refractivity contribution is 7.61. The molecule has 0 aliphatic rings. The van der Waals surface area contributed by atoms with Crippen molar-refractivity contribution in [2.45, 2.75) is 19.2 Å². The van der Waals surface area contributed by atoms with Gasteiger partial charge in [0, 0.05) is 0 Å². The van der Waals surface area contributed by atoms with E-state index in [-0.39, 0.29) is 0 Å². The van der Waals surface area contributed by atoms with Gasteiger partial charge in [-0.05, 0) is 19.1 Å². The molecule has 0 aliphatic carbocycles. The van der Waals surface area contributed by atoms with Crippen LogP contribution in [0.4, 0.5) is 17.6 Å². The van der Waals surface area contributed by atoms with Gasteiger partial charge in [0.1, 0.15) is 5.82 Å². The van der Waals surface area contributed by atoms with Crippen molar-refractivity contribution in [3.05, 3.63) is 30.1 Å². The summed E-state index contributed by atoms with van der Waals surface area (Å²) in [5.74, 6) is -1.09. The Balaban J connectivity index is 2.98. The Morgan fingerprint density at radius 1 is 1.35 bits per heavy atom. The maximum absolute atomic E-state index is 13.1. The van der Waals surface area contributed by atoms with Gasteiger partial charge in [0.05, 0.1) is 5.30 Å². The number of hydrogen-bond acceptors (Lipinski definition) is 2. The molecule has 8 heteroatoms. The predicted molar refractivity (Wildman–Crippen MR) is 52.5 cm³/mol. The molecule has 0 amide bonds. The fourth-order valence-corrected chi connectivity index (χ4v) is 2.29. The van der Waals surface area contributed by atoms with Gasteiger partial charge in [0.25, 0.3) is 0 Å². The van der Waals surface area contributed by atoms with E-state index in [4.69, 9.17) is 0 Å². The quantitative estimate of drug-likeness (QED) is 0.679. The molecule has 2 unspecified atom stereocenters. The fraction of sp³-hybridized carbons (Fsp3) is 0.333. The van der Waals surface area contributed by atoms with Gasteiger partial charge >= 0.3 is 13.8 Å². The summed E-state index contributed by atoms with van der Waals surface area (Å²) in [7, 11) is -4.83. The molecule has 0 saturated carbocycles. The van der Waals surface area contributed by atoms with Crippen LogP contribution in [-0.4, -0.2) is 17.2 Å². The Labute approximate surface area is 94.6 Å². The van der Waals surface area contributed by atoms with Gasteiger partial charge in [-0.1, -0.05) is 12.1 Å². The molecule has 96 valence electrons. The number of alkyl halides is 3. The average molecular weight is 272 g/mol. The van der Waals surface area contributed by atoms with E-state index in [1.54, 1.807) is 0 Å². The van der Waals surface area contributed by atoms with E-state index in [0.29, 0.717) is 6.92 Å². The van der Waals surface area contributed by atoms with Gasteiger partial charge in [-0.15, -0.1) is 0 Å². The van der Waals surface area contributed by atoms with Crippen LogP contribution in [0.3, 0.4) is 0 Å². The van der Waals surface area contributed by atoms with Gasteiger partial charge in [-0.25, -0.2) is 4.39 Å². The van der Waals surface area contributed by atoms with Crippen molar-refractivity contribution >= 4 is 12.9 Å². The third-order valence-corrected chi connectivity index (χ3v) is 3.49. The second-order valence-corrected chi connectivity index (χ2v) is 4.99. The van der Waals surface area contributed by atoms with Gasteiger partial charge < -0.3 is 4.89 Å². The van der Waals surface area contributed by atoms with E-state index in [9.17, 15) is 27.0 Å². The largest absolute Gasteiger partial charge is 0.414 e. The lowest BCUT2D eigenvalue weighted by atomic mass is 10.3. The molecule has 0 bridgehead atoms. The van der Waals surface area contributed by atoms with Crippen molar-refractivity contribution in [2.75, 3.05) is 0 Å². The van der Waals surface area contributed by atoms with Crippen molar-refractivity contribution in [1.82, 2.24) is 0 Å². The summed E-state index contributed by atoms with van der Waals surface area (Å²) >= 11 is 0. The van der Waals surface area contributed by atoms with Crippen molar-refractivity contribution < 1.29 is 31.5 Å². The minimum atomic E-state index is -4.83. The first kappa shape index (κ1) is 14.2. The summed E-state index contributed by atoms with van der Waals surface area (Å²) in [6.07, 6.45) is -7.25. The fourth-order valence-electron chi connectivity index (χ4n) is 1.01. The van der Waals surface area contributed by atoms with Crippen LogP contribution >= 0.6 is 7.60 Å². The highest BCUT2D eigenvalue weighted by Crippen LogP contribution is 2.45. The first-order chi connectivity index (χ1) is 7.64. The first-order valence-electron chi connectivity index (χ1n) is 4.47. The molecule has 2 atom stereocenters. The second-order valence-electron chi connectivity index (χ2n) is 3.26. The zero-order valence-electron chi connectivity index (χ0n) is 8.61. The van der Waals surface area contributed by atoms with Crippen LogP contribution in [-0.2, 0) is 9.09 Å². The number of benzene rings is 1. The summed E-state index contributed by atoms with van der Waals surface area (Å²) in [5.41, 5.74) is 0. The summed E-state index contributed by atoms with van der Waals surface area (Å²) in [6.45, 7) is 0.573. The van der Waals surface area contributed by atoms with Crippen LogP contribution in [0.2, 0.25) is 0 Å². The number of hydrogen-bond donors (Lipinski definition) is 1. The summed E-state index contributed by atoms with van der Waals surface area (Å²) in [6, 6.07) is 4.23. The highest BCUT2D eigenvalue weighted by Gasteiger charge is 2.42. The van der Waals surface area contributed by atoms with Gasteiger partial charge in [-0.2, -0.15) is 13.2 Å². The third-order valence-electron chi connectivity index (χ3n) is 1.92. The average Bonchev–Trinajstić information content (AvgIpc) is 2.15. The molecule has 0 spiro atoms. The Bertz CT molecular complexity index is 446. The van der Waals surface area contributed by atoms with E-state index in [1.165, 1.54) is 12.1 Å². The maximum atomic E-state index is 13.1. The molecule has 1 aromatic rings. The van der Waals surface area contributed by atoms with Crippen molar-refractivity contribution in [3.63, 3.8) is 0 Å². The molecule has 0 aromatic heterocycles. The molecule has 1 rings (SSSR count). The van der Waals surface area contributed by atoms with Crippen LogP contribution in [0, 0.1) is 5.82 Å². The molecule has 0 saturated heterocycles. The Hall–Kier alpha value is -0.910. The Morgan fingerprint density at radius 2 is 1.88 bits per heavy atom. The standard InChI is InChI=1S/C9H9F4O3P/c1-6(9(11,12)13)16-17(14,15)8-5-3-2-4-7(8)10/h2-6H,1H3,(H,14,15). The molecule has 0 radical (unpaired) electrons. The molecule has 17 heavy (non-hydrogen) atoms. The molecule has 0 aliphatic heterocycles. The smallest absolute Gasteiger partial charge is 0.321 e. The topological polar surface area (TPSA) is 46.5 Å². The molecule has 0 heterocycles. The van der Waals surface area contributed by atoms with Gasteiger partial charge in [-0.3, -0.25) is 9.09 Å². The zero-order chi connectivity index (χ0) is 13.3. The Kier molecular flexibility index (Phi) is 3.96. The van der Waals surface area contributed by atoms with Crippen LogP contribution in [0.15, 0.2) is 24.3 Å². The van der Waals surface area contributed by atoms with Crippen molar-refractivity contribution in [2.24, 2.45) is 0 Å². The van der Waals surface area contributed by atoms with Crippen molar-refractivity contribution in [3.8, 4) is 0 Å². The number of rotatable bonds is 3. The lowest BCUT2D eigenvalue weighted by Crippen LogP contribution is -2.29. The summed E-state index contributed by atoms with van der Waals surface area (Å²) < 4.78 is 65.1. The van der Waals surface area contributed by atoms with Crippen molar-refractivity contribution in [1.29, 1.82) is 0 Å². The SMILES string of the molecule is CC(OP(=O)(O)c1ccccc1F)C(F)(F)F. The third kappa shape index (κ3) is 3.52. The Morgan fingerprint density at radius 3 is 2.35 bits per heavy atom. The van der Waals surface area contributed by atoms with Crippen LogP contribution < -0.4 is 5.30 Å². The van der Waals surface area contributed by atoms with E-state index in [2.05, 4.69) is 4.52 Å². The molecular formula is C9H9F4O3P. The summed E-state index contributed by atoms with van der Waals surface area (Å²) in [5, 5.41) is -0.781. The van der Waals surface area contributed by atoms with Crippen LogP contribution in [0.25, 0.3) is 0 Å². The summed E-state index contributed by atoms with van der Waals surface area (Å²) in [4.78, 5) is 9.29. The minimum Gasteiger partial charge on any atom is -0.321 e. The molecule has 1 N–H and O–H groups in total. The van der Waals surface area contributed by atoms with E-state index >= 15 is 0 Å². The van der Waals surface area contributed by atoms with Crippen LogP contribution in [0.5, 0.6) is 0 Å². The van der Waals surface area contributed by atoms with E-state index < -0.39 is 31.0 Å². The lowest BCUT2D eigenvalue weighted by molar-refractivity contribution is -0.190.